The van der Waals surface area contributed by atoms with Gasteiger partial charge in [0.15, 0.2) is 5.78 Å². The van der Waals surface area contributed by atoms with Crippen molar-refractivity contribution in [1.82, 2.24) is 0 Å². The predicted molar refractivity (Wildman–Crippen MR) is 73.3 cm³/mol. The molecule has 3 heteroatoms. The first kappa shape index (κ1) is 12.9. The van der Waals surface area contributed by atoms with E-state index in [2.05, 4.69) is 18.7 Å². The summed E-state index contributed by atoms with van der Waals surface area (Å²) in [6, 6.07) is 5.75. The van der Waals surface area contributed by atoms with E-state index in [0.717, 1.165) is 18.2 Å². The van der Waals surface area contributed by atoms with Gasteiger partial charge in [0.2, 0.25) is 0 Å². The molecular formula is C15H21NO2. The summed E-state index contributed by atoms with van der Waals surface area (Å²) >= 11 is 0. The van der Waals surface area contributed by atoms with Crippen molar-refractivity contribution < 1.29 is 9.90 Å². The Hall–Kier alpha value is -1.51. The van der Waals surface area contributed by atoms with Gasteiger partial charge < -0.3 is 10.0 Å². The highest BCUT2D eigenvalue weighted by Crippen LogP contribution is 2.33. The van der Waals surface area contributed by atoms with Gasteiger partial charge in [0, 0.05) is 24.3 Å². The minimum absolute atomic E-state index is 0.0847. The Labute approximate surface area is 108 Å². The fourth-order valence-corrected chi connectivity index (χ4v) is 2.19. The Morgan fingerprint density at radius 1 is 1.44 bits per heavy atom. The third kappa shape index (κ3) is 2.84. The van der Waals surface area contributed by atoms with Crippen LogP contribution >= 0.6 is 0 Å². The Kier molecular flexibility index (Phi) is 3.60. The maximum absolute atomic E-state index is 11.3. The first-order valence-electron chi connectivity index (χ1n) is 6.59. The number of ketones is 1. The molecule has 0 saturated heterocycles. The van der Waals surface area contributed by atoms with Crippen LogP contribution in [0.5, 0.6) is 5.75 Å². The van der Waals surface area contributed by atoms with Crippen LogP contribution in [0.1, 0.15) is 44.0 Å². The van der Waals surface area contributed by atoms with Crippen LogP contribution in [-0.4, -0.2) is 23.5 Å². The third-order valence-corrected chi connectivity index (χ3v) is 3.47. The number of phenols is 1. The van der Waals surface area contributed by atoms with Crippen molar-refractivity contribution in [3.8, 4) is 5.75 Å². The standard InChI is InChI=1S/C15H21NO2/c1-10(2)16(9-12-4-5-12)13-6-7-14(11(3)17)15(18)8-13/h6-8,10,12,18H,4-5,9H2,1-3H3. The zero-order valence-electron chi connectivity index (χ0n) is 11.3. The second-order valence-corrected chi connectivity index (χ2v) is 5.45. The lowest BCUT2D eigenvalue weighted by molar-refractivity contribution is 0.101. The van der Waals surface area contributed by atoms with Gasteiger partial charge in [-0.25, -0.2) is 0 Å². The molecule has 0 radical (unpaired) electrons. The molecule has 0 amide bonds. The lowest BCUT2D eigenvalue weighted by Crippen LogP contribution is -2.32. The van der Waals surface area contributed by atoms with Gasteiger partial charge in [0.25, 0.3) is 0 Å². The molecule has 3 nitrogen and oxygen atoms in total. The maximum atomic E-state index is 11.3. The Balaban J connectivity index is 2.24. The third-order valence-electron chi connectivity index (χ3n) is 3.47. The summed E-state index contributed by atoms with van der Waals surface area (Å²) in [6.07, 6.45) is 2.61. The van der Waals surface area contributed by atoms with Gasteiger partial charge in [-0.15, -0.1) is 0 Å². The van der Waals surface area contributed by atoms with Gasteiger partial charge in [0.05, 0.1) is 5.56 Å². The molecule has 0 spiro atoms. The number of hydrogen-bond acceptors (Lipinski definition) is 3. The average molecular weight is 247 g/mol. The molecule has 0 aromatic heterocycles. The van der Waals surface area contributed by atoms with Crippen molar-refractivity contribution in [1.29, 1.82) is 0 Å². The van der Waals surface area contributed by atoms with Gasteiger partial charge in [-0.1, -0.05) is 0 Å². The summed E-state index contributed by atoms with van der Waals surface area (Å²) in [7, 11) is 0. The molecule has 0 heterocycles. The number of phenolic OH excluding ortho intramolecular Hbond substituents is 1. The smallest absolute Gasteiger partial charge is 0.163 e. The van der Waals surface area contributed by atoms with Gasteiger partial charge in [0.1, 0.15) is 5.75 Å². The van der Waals surface area contributed by atoms with E-state index >= 15 is 0 Å². The van der Waals surface area contributed by atoms with Gasteiger partial charge >= 0.3 is 0 Å². The first-order valence-corrected chi connectivity index (χ1v) is 6.59. The number of aromatic hydroxyl groups is 1. The Morgan fingerprint density at radius 2 is 2.11 bits per heavy atom. The summed E-state index contributed by atoms with van der Waals surface area (Å²) < 4.78 is 0. The van der Waals surface area contributed by atoms with Crippen LogP contribution in [0.25, 0.3) is 0 Å². The van der Waals surface area contributed by atoms with Gasteiger partial charge in [-0.2, -0.15) is 0 Å². The molecule has 1 saturated carbocycles. The molecule has 1 aromatic rings. The molecule has 0 bridgehead atoms. The lowest BCUT2D eigenvalue weighted by Gasteiger charge is -2.29. The van der Waals surface area contributed by atoms with Gasteiger partial charge in [-0.05, 0) is 51.7 Å². The highest BCUT2D eigenvalue weighted by atomic mass is 16.3. The number of anilines is 1. The van der Waals surface area contributed by atoms with E-state index < -0.39 is 0 Å². The molecule has 0 aliphatic heterocycles. The van der Waals surface area contributed by atoms with Gasteiger partial charge in [-0.3, -0.25) is 4.79 Å². The number of hydrogen-bond donors (Lipinski definition) is 1. The first-order chi connectivity index (χ1) is 8.49. The minimum atomic E-state index is -0.0997. The number of Topliss-reactive ketones (excluding diaryl/α,β-unsaturated/α-hetero) is 1. The molecule has 0 unspecified atom stereocenters. The summed E-state index contributed by atoms with van der Waals surface area (Å²) in [5.41, 5.74) is 1.40. The molecule has 98 valence electrons. The van der Waals surface area contributed by atoms with Crippen LogP contribution in [0, 0.1) is 5.92 Å². The molecule has 1 N–H and O–H groups in total. The number of carbonyl (C=O) groups is 1. The maximum Gasteiger partial charge on any atom is 0.163 e. The van der Waals surface area contributed by atoms with Crippen molar-refractivity contribution in [2.24, 2.45) is 5.92 Å². The van der Waals surface area contributed by atoms with Crippen LogP contribution in [0.3, 0.4) is 0 Å². The van der Waals surface area contributed by atoms with Crippen LogP contribution < -0.4 is 4.90 Å². The highest BCUT2D eigenvalue weighted by molar-refractivity contribution is 5.97. The minimum Gasteiger partial charge on any atom is -0.507 e. The van der Waals surface area contributed by atoms with E-state index in [9.17, 15) is 9.90 Å². The molecule has 1 fully saturated rings. The summed E-state index contributed by atoms with van der Waals surface area (Å²) in [5.74, 6) is 0.779. The Morgan fingerprint density at radius 3 is 2.56 bits per heavy atom. The Bertz CT molecular complexity index is 450. The number of nitrogens with zero attached hydrogens (tertiary/aromatic N) is 1. The molecule has 18 heavy (non-hydrogen) atoms. The normalized spacial score (nSPS) is 14.9. The molecular weight excluding hydrogens is 226 g/mol. The SMILES string of the molecule is CC(=O)c1ccc(N(CC2CC2)C(C)C)cc1O. The van der Waals surface area contributed by atoms with Crippen LogP contribution in [0.2, 0.25) is 0 Å². The molecule has 1 aliphatic rings. The highest BCUT2D eigenvalue weighted by Gasteiger charge is 2.26. The van der Waals surface area contributed by atoms with E-state index in [1.54, 1.807) is 12.1 Å². The zero-order valence-corrected chi connectivity index (χ0v) is 11.3. The van der Waals surface area contributed by atoms with Crippen molar-refractivity contribution in [2.75, 3.05) is 11.4 Å². The largest absolute Gasteiger partial charge is 0.507 e. The van der Waals surface area contributed by atoms with Crippen molar-refractivity contribution in [3.63, 3.8) is 0 Å². The molecule has 1 aliphatic carbocycles. The second-order valence-electron chi connectivity index (χ2n) is 5.45. The second kappa shape index (κ2) is 5.01. The predicted octanol–water partition coefficient (Wildman–Crippen LogP) is 3.22. The van der Waals surface area contributed by atoms with Crippen LogP contribution in [-0.2, 0) is 0 Å². The van der Waals surface area contributed by atoms with Crippen molar-refractivity contribution in [2.45, 2.75) is 39.7 Å². The molecule has 2 rings (SSSR count). The summed E-state index contributed by atoms with van der Waals surface area (Å²) in [5, 5.41) is 9.89. The van der Waals surface area contributed by atoms with Crippen LogP contribution in [0.4, 0.5) is 5.69 Å². The summed E-state index contributed by atoms with van der Waals surface area (Å²) in [4.78, 5) is 13.6. The monoisotopic (exact) mass is 247 g/mol. The van der Waals surface area contributed by atoms with Crippen LogP contribution in [0.15, 0.2) is 18.2 Å². The average Bonchev–Trinajstić information content (AvgIpc) is 3.08. The number of benzene rings is 1. The van der Waals surface area contributed by atoms with Crippen molar-refractivity contribution in [3.05, 3.63) is 23.8 Å². The molecule has 1 aromatic carbocycles. The lowest BCUT2D eigenvalue weighted by atomic mass is 10.1. The van der Waals surface area contributed by atoms with Crippen molar-refractivity contribution >= 4 is 11.5 Å². The summed E-state index contributed by atoms with van der Waals surface area (Å²) in [6.45, 7) is 6.81. The fraction of sp³-hybridized carbons (Fsp3) is 0.533. The quantitative estimate of drug-likeness (QED) is 0.812. The van der Waals surface area contributed by atoms with E-state index in [1.807, 2.05) is 6.07 Å². The zero-order chi connectivity index (χ0) is 13.3. The number of carbonyl (C=O) groups excluding carboxylic acids is 1. The van der Waals surface area contributed by atoms with E-state index in [-0.39, 0.29) is 11.5 Å². The van der Waals surface area contributed by atoms with E-state index in [4.69, 9.17) is 0 Å². The topological polar surface area (TPSA) is 40.5 Å². The number of rotatable bonds is 5. The van der Waals surface area contributed by atoms with E-state index in [0.29, 0.717) is 11.6 Å². The molecule has 0 atom stereocenters. The van der Waals surface area contributed by atoms with E-state index in [1.165, 1.54) is 19.8 Å². The fourth-order valence-electron chi connectivity index (χ4n) is 2.19.